The first-order valence-electron chi connectivity index (χ1n) is 9.86. The number of nitrogens with one attached hydrogen (secondary N) is 1. The minimum atomic E-state index is -3.35. The summed E-state index contributed by atoms with van der Waals surface area (Å²) in [6, 6.07) is 13.1. The summed E-state index contributed by atoms with van der Waals surface area (Å²) in [7, 11) is -3.35. The van der Waals surface area contributed by atoms with E-state index in [-0.39, 0.29) is 16.9 Å². The summed E-state index contributed by atoms with van der Waals surface area (Å²) in [5.41, 5.74) is 2.09. The van der Waals surface area contributed by atoms with Crippen LogP contribution in [0.4, 0.5) is 11.4 Å². The topological polar surface area (TPSA) is 96.7 Å². The lowest BCUT2D eigenvalue weighted by molar-refractivity contribution is 0.0997. The van der Waals surface area contributed by atoms with E-state index in [0.29, 0.717) is 41.7 Å². The Morgan fingerprint density at radius 3 is 2.77 bits per heavy atom. The number of hydrogen-bond donors (Lipinski definition) is 1. The van der Waals surface area contributed by atoms with Crippen LogP contribution in [0.15, 0.2) is 57.7 Å². The predicted octanol–water partition coefficient (Wildman–Crippen LogP) is 3.54. The zero-order valence-corrected chi connectivity index (χ0v) is 17.4. The van der Waals surface area contributed by atoms with E-state index in [1.165, 1.54) is 10.4 Å². The third kappa shape index (κ3) is 3.82. The van der Waals surface area contributed by atoms with Gasteiger partial charge >= 0.3 is 0 Å². The Labute approximate surface area is 174 Å². The average molecular weight is 426 g/mol. The van der Waals surface area contributed by atoms with Crippen molar-refractivity contribution in [3.63, 3.8) is 0 Å². The largest absolute Gasteiger partial charge is 0.451 e. The predicted molar refractivity (Wildman–Crippen MR) is 117 cm³/mol. The Morgan fingerprint density at radius 1 is 1.17 bits per heavy atom. The van der Waals surface area contributed by atoms with Crippen LogP contribution in [0.3, 0.4) is 0 Å². The van der Waals surface area contributed by atoms with Gasteiger partial charge in [-0.2, -0.15) is 0 Å². The normalized spacial score (nSPS) is 13.8. The standard InChI is InChI=1S/C22H22N2O5S/c1-2-12-30(27,28)24-11-5-6-15-13-16(9-10-18(15)24)23-22(26)21-14-19(25)17-7-3-4-8-20(17)29-21/h3-4,7-10,13-14H,2,5-6,11-12H2,1H3,(H,23,26). The molecule has 1 aromatic heterocycles. The van der Waals surface area contributed by atoms with Crippen molar-refractivity contribution in [2.24, 2.45) is 0 Å². The zero-order chi connectivity index (χ0) is 21.3. The highest BCUT2D eigenvalue weighted by Crippen LogP contribution is 2.32. The van der Waals surface area contributed by atoms with Crippen molar-refractivity contribution < 1.29 is 17.6 Å². The fraction of sp³-hybridized carbons (Fsp3) is 0.273. The van der Waals surface area contributed by atoms with Gasteiger partial charge in [0.15, 0.2) is 11.2 Å². The Morgan fingerprint density at radius 2 is 1.97 bits per heavy atom. The number of amides is 1. The Balaban J connectivity index is 1.61. The van der Waals surface area contributed by atoms with E-state index < -0.39 is 15.9 Å². The monoisotopic (exact) mass is 426 g/mol. The number of carbonyl (C=O) groups excluding carboxylic acids is 1. The molecule has 1 aliphatic heterocycles. The minimum absolute atomic E-state index is 0.0800. The Bertz CT molecular complexity index is 1280. The van der Waals surface area contributed by atoms with Crippen LogP contribution >= 0.6 is 0 Å². The molecule has 0 spiro atoms. The van der Waals surface area contributed by atoms with Gasteiger partial charge in [-0.3, -0.25) is 13.9 Å². The van der Waals surface area contributed by atoms with Crippen LogP contribution in [0.5, 0.6) is 0 Å². The molecule has 1 N–H and O–H groups in total. The highest BCUT2D eigenvalue weighted by atomic mass is 32.2. The van der Waals surface area contributed by atoms with Crippen LogP contribution in [0.1, 0.15) is 35.9 Å². The van der Waals surface area contributed by atoms with Crippen molar-refractivity contribution in [2.45, 2.75) is 26.2 Å². The molecule has 2 heterocycles. The molecule has 1 amide bonds. The number of hydrogen-bond acceptors (Lipinski definition) is 5. The number of benzene rings is 2. The summed E-state index contributed by atoms with van der Waals surface area (Å²) in [5, 5.41) is 3.15. The second-order valence-electron chi connectivity index (χ2n) is 7.26. The lowest BCUT2D eigenvalue weighted by atomic mass is 10.0. The summed E-state index contributed by atoms with van der Waals surface area (Å²) < 4.78 is 32.1. The van der Waals surface area contributed by atoms with Crippen molar-refractivity contribution in [1.29, 1.82) is 0 Å². The number of rotatable bonds is 5. The first kappa shape index (κ1) is 20.2. The third-order valence-corrected chi connectivity index (χ3v) is 7.04. The first-order valence-corrected chi connectivity index (χ1v) is 11.5. The van der Waals surface area contributed by atoms with Gasteiger partial charge in [0.2, 0.25) is 10.0 Å². The van der Waals surface area contributed by atoms with E-state index in [9.17, 15) is 18.0 Å². The van der Waals surface area contributed by atoms with Gasteiger partial charge in [-0.05, 0) is 55.2 Å². The fourth-order valence-corrected chi connectivity index (χ4v) is 5.33. The molecule has 0 bridgehead atoms. The number of aryl methyl sites for hydroxylation is 1. The van der Waals surface area contributed by atoms with E-state index in [2.05, 4.69) is 5.32 Å². The molecule has 0 radical (unpaired) electrons. The molecule has 0 fully saturated rings. The van der Waals surface area contributed by atoms with Crippen molar-refractivity contribution in [3.05, 3.63) is 70.1 Å². The van der Waals surface area contributed by atoms with Crippen LogP contribution in [0.25, 0.3) is 11.0 Å². The quantitative estimate of drug-likeness (QED) is 0.673. The second kappa shape index (κ2) is 7.95. The maximum atomic E-state index is 12.6. The molecule has 0 atom stereocenters. The highest BCUT2D eigenvalue weighted by molar-refractivity contribution is 7.92. The number of sulfonamides is 1. The third-order valence-electron chi connectivity index (χ3n) is 5.07. The highest BCUT2D eigenvalue weighted by Gasteiger charge is 2.27. The number of anilines is 2. The number of nitrogens with zero attached hydrogens (tertiary/aromatic N) is 1. The van der Waals surface area contributed by atoms with Gasteiger partial charge in [-0.15, -0.1) is 0 Å². The van der Waals surface area contributed by atoms with Gasteiger partial charge in [-0.25, -0.2) is 8.42 Å². The molecule has 3 aromatic rings. The minimum Gasteiger partial charge on any atom is -0.451 e. The molecule has 0 aliphatic carbocycles. The van der Waals surface area contributed by atoms with Gasteiger partial charge in [0.25, 0.3) is 5.91 Å². The lowest BCUT2D eigenvalue weighted by Crippen LogP contribution is -2.37. The molecule has 30 heavy (non-hydrogen) atoms. The van der Waals surface area contributed by atoms with Crippen LogP contribution in [-0.2, 0) is 16.4 Å². The van der Waals surface area contributed by atoms with Gasteiger partial charge in [0.05, 0.1) is 16.8 Å². The lowest BCUT2D eigenvalue weighted by Gasteiger charge is -2.30. The molecular weight excluding hydrogens is 404 g/mol. The van der Waals surface area contributed by atoms with Gasteiger partial charge in [0.1, 0.15) is 5.58 Å². The summed E-state index contributed by atoms with van der Waals surface area (Å²) in [4.78, 5) is 24.9. The molecule has 8 heteroatoms. The Kier molecular flexibility index (Phi) is 5.34. The average Bonchev–Trinajstić information content (AvgIpc) is 2.73. The molecule has 2 aromatic carbocycles. The smallest absolute Gasteiger partial charge is 0.291 e. The molecule has 0 saturated heterocycles. The maximum absolute atomic E-state index is 12.6. The van der Waals surface area contributed by atoms with E-state index in [1.807, 2.05) is 6.92 Å². The van der Waals surface area contributed by atoms with E-state index >= 15 is 0 Å². The first-order chi connectivity index (χ1) is 14.4. The number of carbonyl (C=O) groups is 1. The van der Waals surface area contributed by atoms with Gasteiger partial charge in [0, 0.05) is 18.3 Å². The van der Waals surface area contributed by atoms with E-state index in [1.54, 1.807) is 42.5 Å². The number of fused-ring (bicyclic) bond motifs is 2. The second-order valence-corrected chi connectivity index (χ2v) is 9.27. The van der Waals surface area contributed by atoms with Crippen molar-refractivity contribution in [2.75, 3.05) is 21.9 Å². The molecule has 156 valence electrons. The maximum Gasteiger partial charge on any atom is 0.291 e. The summed E-state index contributed by atoms with van der Waals surface area (Å²) >= 11 is 0. The van der Waals surface area contributed by atoms with Crippen LogP contribution in [0.2, 0.25) is 0 Å². The van der Waals surface area contributed by atoms with Gasteiger partial charge in [-0.1, -0.05) is 19.1 Å². The molecule has 4 rings (SSSR count). The van der Waals surface area contributed by atoms with Crippen LogP contribution in [-0.4, -0.2) is 26.6 Å². The number of para-hydroxylation sites is 1. The summed E-state index contributed by atoms with van der Waals surface area (Å²) in [6.45, 7) is 2.30. The van der Waals surface area contributed by atoms with Gasteiger partial charge < -0.3 is 9.73 Å². The van der Waals surface area contributed by atoms with E-state index in [0.717, 1.165) is 12.0 Å². The fourth-order valence-electron chi connectivity index (χ4n) is 3.71. The van der Waals surface area contributed by atoms with Crippen LogP contribution in [0, 0.1) is 0 Å². The van der Waals surface area contributed by atoms with Crippen molar-refractivity contribution >= 4 is 38.3 Å². The molecular formula is C22H22N2O5S. The summed E-state index contributed by atoms with van der Waals surface area (Å²) in [6.07, 6.45) is 1.99. The molecule has 1 aliphatic rings. The molecule has 0 unspecified atom stereocenters. The summed E-state index contributed by atoms with van der Waals surface area (Å²) in [5.74, 6) is -0.515. The van der Waals surface area contributed by atoms with Crippen molar-refractivity contribution in [3.8, 4) is 0 Å². The Hall–Kier alpha value is -3.13. The van der Waals surface area contributed by atoms with E-state index in [4.69, 9.17) is 4.42 Å². The van der Waals surface area contributed by atoms with Crippen LogP contribution < -0.4 is 15.1 Å². The zero-order valence-electron chi connectivity index (χ0n) is 16.6. The molecule has 7 nitrogen and oxygen atoms in total. The van der Waals surface area contributed by atoms with Crippen molar-refractivity contribution in [1.82, 2.24) is 0 Å². The molecule has 0 saturated carbocycles. The SMILES string of the molecule is CCCS(=O)(=O)N1CCCc2cc(NC(=O)c3cc(=O)c4ccccc4o3)ccc21.